The summed E-state index contributed by atoms with van der Waals surface area (Å²) in [5.74, 6) is -0.700. The van der Waals surface area contributed by atoms with E-state index in [-0.39, 0.29) is 17.4 Å². The molecule has 1 aliphatic carbocycles. The molecule has 4 heteroatoms. The van der Waals surface area contributed by atoms with Gasteiger partial charge in [-0.3, -0.25) is 0 Å². The van der Waals surface area contributed by atoms with Crippen LogP contribution in [0.1, 0.15) is 45.4 Å². The van der Waals surface area contributed by atoms with E-state index in [1.165, 1.54) is 31.4 Å². The molecule has 1 aromatic carbocycles. The average Bonchev–Trinajstić information content (AvgIpc) is 2.39. The third kappa shape index (κ3) is 3.37. The molecule has 0 aromatic heterocycles. The highest BCUT2D eigenvalue weighted by Crippen LogP contribution is 2.31. The zero-order valence-electron chi connectivity index (χ0n) is 11.4. The summed E-state index contributed by atoms with van der Waals surface area (Å²) in [4.78, 5) is 0. The van der Waals surface area contributed by atoms with Crippen LogP contribution in [0.15, 0.2) is 12.1 Å². The van der Waals surface area contributed by atoms with E-state index in [0.717, 1.165) is 19.3 Å². The van der Waals surface area contributed by atoms with Crippen molar-refractivity contribution in [1.29, 1.82) is 0 Å². The summed E-state index contributed by atoms with van der Waals surface area (Å²) in [6, 6.07) is 2.46. The van der Waals surface area contributed by atoms with Crippen molar-refractivity contribution in [3.05, 3.63) is 23.8 Å². The highest BCUT2D eigenvalue weighted by Gasteiger charge is 2.24. The van der Waals surface area contributed by atoms with Gasteiger partial charge in [-0.15, -0.1) is 0 Å². The molecule has 0 heterocycles. The Hall–Kier alpha value is -1.32. The Balaban J connectivity index is 2.13. The van der Waals surface area contributed by atoms with Gasteiger partial charge in [0.2, 0.25) is 0 Å². The maximum Gasteiger partial charge on any atom is 0.151 e. The first-order valence-electron chi connectivity index (χ1n) is 7.13. The van der Waals surface area contributed by atoms with Gasteiger partial charge in [-0.2, -0.15) is 0 Å². The number of benzene rings is 1. The second-order valence-electron chi connectivity index (χ2n) is 5.42. The highest BCUT2D eigenvalue weighted by molar-refractivity contribution is 5.54. The quantitative estimate of drug-likeness (QED) is 0.798. The normalized spacial score (nSPS) is 18.3. The first kappa shape index (κ1) is 14.1. The van der Waals surface area contributed by atoms with E-state index in [0.29, 0.717) is 5.92 Å². The molecule has 1 atom stereocenters. The van der Waals surface area contributed by atoms with Crippen LogP contribution in [0.4, 0.5) is 20.2 Å². The molecule has 19 heavy (non-hydrogen) atoms. The Morgan fingerprint density at radius 1 is 1.21 bits per heavy atom. The maximum absolute atomic E-state index is 13.8. The van der Waals surface area contributed by atoms with E-state index in [4.69, 9.17) is 5.73 Å². The lowest BCUT2D eigenvalue weighted by atomic mass is 9.83. The van der Waals surface area contributed by atoms with Crippen molar-refractivity contribution >= 4 is 11.4 Å². The predicted octanol–water partition coefficient (Wildman–Crippen LogP) is 4.32. The lowest BCUT2D eigenvalue weighted by Gasteiger charge is -2.31. The molecule has 0 bridgehead atoms. The Bertz CT molecular complexity index is 405. The summed E-state index contributed by atoms with van der Waals surface area (Å²) >= 11 is 0. The van der Waals surface area contributed by atoms with Crippen LogP contribution in [0.3, 0.4) is 0 Å². The molecule has 1 saturated carbocycles. The number of anilines is 2. The van der Waals surface area contributed by atoms with Gasteiger partial charge in [0, 0.05) is 11.7 Å². The van der Waals surface area contributed by atoms with Crippen LogP contribution < -0.4 is 11.1 Å². The van der Waals surface area contributed by atoms with E-state index in [2.05, 4.69) is 12.2 Å². The molecule has 1 unspecified atom stereocenters. The van der Waals surface area contributed by atoms with E-state index in [9.17, 15) is 8.78 Å². The van der Waals surface area contributed by atoms with E-state index in [1.54, 1.807) is 0 Å². The third-order valence-corrected chi connectivity index (χ3v) is 4.05. The number of nitrogens with one attached hydrogen (secondary N) is 1. The summed E-state index contributed by atoms with van der Waals surface area (Å²) < 4.78 is 27.6. The van der Waals surface area contributed by atoms with Gasteiger partial charge in [0.1, 0.15) is 5.69 Å². The van der Waals surface area contributed by atoms with Crippen LogP contribution in [0.5, 0.6) is 0 Å². The van der Waals surface area contributed by atoms with E-state index >= 15 is 0 Å². The van der Waals surface area contributed by atoms with Gasteiger partial charge in [0.25, 0.3) is 0 Å². The molecule has 0 aliphatic heterocycles. The standard InChI is InChI=1S/C15H22F2N2/c1-2-14(10-6-4-3-5-7-10)19-15-12(16)8-11(18)9-13(15)17/h8-10,14,19H,2-7,18H2,1H3. The van der Waals surface area contributed by atoms with Gasteiger partial charge < -0.3 is 11.1 Å². The number of rotatable bonds is 4. The Labute approximate surface area is 113 Å². The van der Waals surface area contributed by atoms with Crippen molar-refractivity contribution in [3.8, 4) is 0 Å². The molecule has 0 spiro atoms. The molecular weight excluding hydrogens is 246 g/mol. The SMILES string of the molecule is CCC(Nc1c(F)cc(N)cc1F)C1CCCCC1. The Morgan fingerprint density at radius 2 is 1.79 bits per heavy atom. The van der Waals surface area contributed by atoms with Crippen LogP contribution >= 0.6 is 0 Å². The number of nitrogen functional groups attached to an aromatic ring is 1. The lowest BCUT2D eigenvalue weighted by Crippen LogP contribution is -2.30. The topological polar surface area (TPSA) is 38.0 Å². The number of hydrogen-bond acceptors (Lipinski definition) is 2. The second kappa shape index (κ2) is 6.22. The van der Waals surface area contributed by atoms with Crippen molar-refractivity contribution in [2.45, 2.75) is 51.5 Å². The second-order valence-corrected chi connectivity index (χ2v) is 5.42. The van der Waals surface area contributed by atoms with Crippen molar-refractivity contribution in [3.63, 3.8) is 0 Å². The van der Waals surface area contributed by atoms with Crippen LogP contribution in [0.2, 0.25) is 0 Å². The van der Waals surface area contributed by atoms with E-state index in [1.807, 2.05) is 0 Å². The van der Waals surface area contributed by atoms with Gasteiger partial charge in [0.15, 0.2) is 11.6 Å². The molecule has 2 rings (SSSR count). The zero-order chi connectivity index (χ0) is 13.8. The minimum atomic E-state index is -0.605. The summed E-state index contributed by atoms with van der Waals surface area (Å²) in [6.45, 7) is 2.05. The van der Waals surface area contributed by atoms with Crippen molar-refractivity contribution in [1.82, 2.24) is 0 Å². The molecule has 0 radical (unpaired) electrons. The predicted molar refractivity (Wildman–Crippen MR) is 75.0 cm³/mol. The Morgan fingerprint density at radius 3 is 2.32 bits per heavy atom. The van der Waals surface area contributed by atoms with Gasteiger partial charge in [-0.1, -0.05) is 26.2 Å². The fourth-order valence-electron chi connectivity index (χ4n) is 3.01. The largest absolute Gasteiger partial charge is 0.399 e. The molecular formula is C15H22F2N2. The fraction of sp³-hybridized carbons (Fsp3) is 0.600. The molecule has 1 aromatic rings. The number of hydrogen-bond donors (Lipinski definition) is 2. The minimum absolute atomic E-state index is 0.0355. The lowest BCUT2D eigenvalue weighted by molar-refractivity contribution is 0.312. The summed E-state index contributed by atoms with van der Waals surface area (Å²) in [6.07, 6.45) is 6.87. The summed E-state index contributed by atoms with van der Waals surface area (Å²) in [5.41, 5.74) is 5.51. The van der Waals surface area contributed by atoms with E-state index < -0.39 is 11.6 Å². The van der Waals surface area contributed by atoms with Crippen LogP contribution in [0.25, 0.3) is 0 Å². The Kier molecular flexibility index (Phi) is 4.61. The molecule has 1 aliphatic rings. The third-order valence-electron chi connectivity index (χ3n) is 4.05. The van der Waals surface area contributed by atoms with Crippen molar-refractivity contribution in [2.75, 3.05) is 11.1 Å². The molecule has 106 valence electrons. The summed E-state index contributed by atoms with van der Waals surface area (Å²) in [5, 5.41) is 3.06. The van der Waals surface area contributed by atoms with Gasteiger partial charge >= 0.3 is 0 Å². The van der Waals surface area contributed by atoms with Gasteiger partial charge in [-0.05, 0) is 37.3 Å². The molecule has 0 amide bonds. The first-order chi connectivity index (χ1) is 9.11. The smallest absolute Gasteiger partial charge is 0.151 e. The summed E-state index contributed by atoms with van der Waals surface area (Å²) in [7, 11) is 0. The average molecular weight is 268 g/mol. The fourth-order valence-corrected chi connectivity index (χ4v) is 3.01. The minimum Gasteiger partial charge on any atom is -0.399 e. The molecule has 3 N–H and O–H groups in total. The van der Waals surface area contributed by atoms with Crippen LogP contribution in [-0.4, -0.2) is 6.04 Å². The number of halogens is 2. The number of nitrogens with two attached hydrogens (primary N) is 1. The van der Waals surface area contributed by atoms with Gasteiger partial charge in [-0.25, -0.2) is 8.78 Å². The molecule has 1 fully saturated rings. The monoisotopic (exact) mass is 268 g/mol. The highest BCUT2D eigenvalue weighted by atomic mass is 19.1. The molecule has 0 saturated heterocycles. The zero-order valence-corrected chi connectivity index (χ0v) is 11.4. The molecule has 2 nitrogen and oxygen atoms in total. The van der Waals surface area contributed by atoms with Crippen LogP contribution in [-0.2, 0) is 0 Å². The van der Waals surface area contributed by atoms with Crippen molar-refractivity contribution < 1.29 is 8.78 Å². The van der Waals surface area contributed by atoms with Crippen LogP contribution in [0, 0.1) is 17.6 Å². The first-order valence-corrected chi connectivity index (χ1v) is 7.13. The van der Waals surface area contributed by atoms with Crippen molar-refractivity contribution in [2.24, 2.45) is 5.92 Å². The van der Waals surface area contributed by atoms with Gasteiger partial charge in [0.05, 0.1) is 0 Å². The maximum atomic E-state index is 13.8.